The summed E-state index contributed by atoms with van der Waals surface area (Å²) in [6.45, 7) is 2.11. The van der Waals surface area contributed by atoms with Crippen LogP contribution < -0.4 is 5.46 Å². The largest absolute Gasteiger partial charge is 0.489 e. The third-order valence-electron chi connectivity index (χ3n) is 6.78. The van der Waals surface area contributed by atoms with Crippen molar-refractivity contribution in [3.63, 3.8) is 0 Å². The van der Waals surface area contributed by atoms with Crippen molar-refractivity contribution < 1.29 is 10.0 Å². The van der Waals surface area contributed by atoms with E-state index >= 15 is 0 Å². The number of rotatable bonds is 3. The van der Waals surface area contributed by atoms with E-state index in [1.165, 1.54) is 38.2 Å². The van der Waals surface area contributed by atoms with Crippen molar-refractivity contribution in [3.05, 3.63) is 115 Å². The highest BCUT2D eigenvalue weighted by Crippen LogP contribution is 2.44. The predicted molar refractivity (Wildman–Crippen MR) is 144 cm³/mol. The van der Waals surface area contributed by atoms with Crippen LogP contribution in [-0.4, -0.2) is 17.2 Å². The maximum Gasteiger partial charge on any atom is 0.489 e. The topological polar surface area (TPSA) is 40.5 Å². The molecule has 6 rings (SSSR count). The fourth-order valence-corrected chi connectivity index (χ4v) is 5.22. The lowest BCUT2D eigenvalue weighted by Crippen LogP contribution is -2.30. The molecule has 0 saturated heterocycles. The Morgan fingerprint density at radius 3 is 1.47 bits per heavy atom. The van der Waals surface area contributed by atoms with Crippen LogP contribution in [0, 0.1) is 6.92 Å². The van der Waals surface area contributed by atoms with Crippen molar-refractivity contribution in [2.45, 2.75) is 6.92 Å². The molecule has 34 heavy (non-hydrogen) atoms. The van der Waals surface area contributed by atoms with Crippen molar-refractivity contribution >= 4 is 44.9 Å². The monoisotopic (exact) mass is 438 g/mol. The first-order valence-electron chi connectivity index (χ1n) is 11.5. The minimum absolute atomic E-state index is 0.518. The lowest BCUT2D eigenvalue weighted by molar-refractivity contribution is 0.426. The van der Waals surface area contributed by atoms with Gasteiger partial charge in [0.25, 0.3) is 0 Å². The minimum Gasteiger partial charge on any atom is -0.423 e. The second-order valence-corrected chi connectivity index (χ2v) is 8.83. The molecule has 2 N–H and O–H groups in total. The Morgan fingerprint density at radius 2 is 0.941 bits per heavy atom. The SMILES string of the molecule is Cc1ccc(-c2c3ccccc3c(-c3ccc(B(O)O)c4ccccc34)c3ccccc23)cc1. The Labute approximate surface area is 198 Å². The van der Waals surface area contributed by atoms with Gasteiger partial charge in [-0.1, -0.05) is 115 Å². The average molecular weight is 438 g/mol. The Bertz CT molecular complexity index is 1630. The summed E-state index contributed by atoms with van der Waals surface area (Å²) in [6, 6.07) is 37.7. The van der Waals surface area contributed by atoms with Gasteiger partial charge in [0, 0.05) is 0 Å². The van der Waals surface area contributed by atoms with Crippen LogP contribution in [0.3, 0.4) is 0 Å². The molecule has 0 radical (unpaired) electrons. The second kappa shape index (κ2) is 8.14. The van der Waals surface area contributed by atoms with Gasteiger partial charge in [-0.2, -0.15) is 0 Å². The van der Waals surface area contributed by atoms with Crippen LogP contribution in [0.15, 0.2) is 109 Å². The third-order valence-corrected chi connectivity index (χ3v) is 6.78. The summed E-state index contributed by atoms with van der Waals surface area (Å²) >= 11 is 0. The van der Waals surface area contributed by atoms with Crippen LogP contribution in [0.25, 0.3) is 54.6 Å². The molecule has 0 heterocycles. The van der Waals surface area contributed by atoms with Crippen LogP contribution in [0.1, 0.15) is 5.56 Å². The summed E-state index contributed by atoms with van der Waals surface area (Å²) in [5.74, 6) is 0. The fraction of sp³-hybridized carbons (Fsp3) is 0.0323. The number of benzene rings is 6. The molecule has 6 aromatic carbocycles. The summed E-state index contributed by atoms with van der Waals surface area (Å²) in [4.78, 5) is 0. The van der Waals surface area contributed by atoms with Crippen LogP contribution >= 0.6 is 0 Å². The molecule has 0 fully saturated rings. The first kappa shape index (κ1) is 20.7. The molecule has 0 unspecified atom stereocenters. The first-order valence-corrected chi connectivity index (χ1v) is 11.5. The van der Waals surface area contributed by atoms with Gasteiger partial charge in [-0.15, -0.1) is 0 Å². The molecular formula is C31H23BO2. The van der Waals surface area contributed by atoms with Crippen LogP contribution in [-0.2, 0) is 0 Å². The zero-order valence-corrected chi connectivity index (χ0v) is 18.9. The van der Waals surface area contributed by atoms with Gasteiger partial charge >= 0.3 is 7.12 Å². The number of hydrogen-bond acceptors (Lipinski definition) is 2. The first-order chi connectivity index (χ1) is 16.6. The lowest BCUT2D eigenvalue weighted by atomic mass is 9.75. The van der Waals surface area contributed by atoms with Crippen LogP contribution in [0.5, 0.6) is 0 Å². The average Bonchev–Trinajstić information content (AvgIpc) is 2.87. The van der Waals surface area contributed by atoms with Gasteiger partial charge < -0.3 is 10.0 Å². The standard InChI is InChI=1S/C31H23BO2/c1-20-14-16-21(17-15-20)30-24-10-4-6-12-26(24)31(27-13-7-5-11-25(27)30)28-18-19-29(32(33)34)23-9-3-2-8-22(23)28/h2-19,33-34H,1H3. The van der Waals surface area contributed by atoms with Gasteiger partial charge in [-0.05, 0) is 67.0 Å². The lowest BCUT2D eigenvalue weighted by Gasteiger charge is -2.19. The zero-order chi connectivity index (χ0) is 23.2. The van der Waals surface area contributed by atoms with Crippen molar-refractivity contribution in [2.75, 3.05) is 0 Å². The highest BCUT2D eigenvalue weighted by atomic mass is 16.4. The van der Waals surface area contributed by atoms with Crippen molar-refractivity contribution in [1.29, 1.82) is 0 Å². The van der Waals surface area contributed by atoms with E-state index < -0.39 is 7.12 Å². The summed E-state index contributed by atoms with van der Waals surface area (Å²) in [5.41, 5.74) is 6.45. The Kier molecular flexibility index (Phi) is 4.95. The maximum absolute atomic E-state index is 9.96. The molecule has 6 aromatic rings. The molecule has 0 aliphatic rings. The van der Waals surface area contributed by atoms with Crippen LogP contribution in [0.4, 0.5) is 0 Å². The van der Waals surface area contributed by atoms with Gasteiger partial charge in [0.2, 0.25) is 0 Å². The normalized spacial score (nSPS) is 11.4. The van der Waals surface area contributed by atoms with E-state index in [1.807, 2.05) is 30.3 Å². The summed E-state index contributed by atoms with van der Waals surface area (Å²) in [5, 5.41) is 26.6. The molecule has 0 aliphatic heterocycles. The summed E-state index contributed by atoms with van der Waals surface area (Å²) in [7, 11) is -1.52. The van der Waals surface area contributed by atoms with E-state index in [1.54, 1.807) is 0 Å². The van der Waals surface area contributed by atoms with E-state index in [2.05, 4.69) is 85.8 Å². The molecule has 0 atom stereocenters. The van der Waals surface area contributed by atoms with E-state index in [9.17, 15) is 10.0 Å². The van der Waals surface area contributed by atoms with Crippen molar-refractivity contribution in [3.8, 4) is 22.3 Å². The molecule has 0 saturated carbocycles. The predicted octanol–water partition coefficient (Wildman–Crippen LogP) is 6.47. The summed E-state index contributed by atoms with van der Waals surface area (Å²) < 4.78 is 0. The van der Waals surface area contributed by atoms with Gasteiger partial charge in [0.15, 0.2) is 0 Å². The smallest absolute Gasteiger partial charge is 0.423 e. The molecule has 0 bridgehead atoms. The van der Waals surface area contributed by atoms with Crippen molar-refractivity contribution in [1.82, 2.24) is 0 Å². The molecule has 0 aromatic heterocycles. The van der Waals surface area contributed by atoms with Gasteiger partial charge in [0.1, 0.15) is 0 Å². The number of fused-ring (bicyclic) bond motifs is 3. The van der Waals surface area contributed by atoms with Crippen molar-refractivity contribution in [2.24, 2.45) is 0 Å². The Morgan fingerprint density at radius 1 is 0.471 bits per heavy atom. The Hall–Kier alpha value is -3.92. The van der Waals surface area contributed by atoms with Gasteiger partial charge in [0.05, 0.1) is 0 Å². The highest BCUT2D eigenvalue weighted by molar-refractivity contribution is 6.62. The molecule has 0 amide bonds. The molecular weight excluding hydrogens is 415 g/mol. The minimum atomic E-state index is -1.52. The quantitative estimate of drug-likeness (QED) is 0.246. The van der Waals surface area contributed by atoms with E-state index in [4.69, 9.17) is 0 Å². The zero-order valence-electron chi connectivity index (χ0n) is 18.9. The van der Waals surface area contributed by atoms with E-state index in [0.29, 0.717) is 5.46 Å². The number of aryl methyl sites for hydroxylation is 1. The molecule has 162 valence electrons. The van der Waals surface area contributed by atoms with Gasteiger partial charge in [-0.25, -0.2) is 0 Å². The highest BCUT2D eigenvalue weighted by Gasteiger charge is 2.20. The molecule has 3 heteroatoms. The Balaban J connectivity index is 1.79. The molecule has 2 nitrogen and oxygen atoms in total. The molecule has 0 spiro atoms. The van der Waals surface area contributed by atoms with E-state index in [-0.39, 0.29) is 0 Å². The number of hydrogen-bond donors (Lipinski definition) is 2. The fourth-order valence-electron chi connectivity index (χ4n) is 5.22. The summed E-state index contributed by atoms with van der Waals surface area (Å²) in [6.07, 6.45) is 0. The second-order valence-electron chi connectivity index (χ2n) is 8.83. The van der Waals surface area contributed by atoms with Crippen LogP contribution in [0.2, 0.25) is 0 Å². The van der Waals surface area contributed by atoms with Gasteiger partial charge in [-0.3, -0.25) is 0 Å². The molecule has 0 aliphatic carbocycles. The third kappa shape index (κ3) is 3.21. The van der Waals surface area contributed by atoms with E-state index in [0.717, 1.165) is 21.9 Å². The maximum atomic E-state index is 9.96.